The molecule has 0 atom stereocenters. The Morgan fingerprint density at radius 3 is 2.56 bits per heavy atom. The van der Waals surface area contributed by atoms with Crippen LogP contribution in [-0.2, 0) is 14.9 Å². The Morgan fingerprint density at radius 2 is 2.06 bits per heavy atom. The first-order valence-electron chi connectivity index (χ1n) is 5.06. The number of hydrogen-bond donors (Lipinski definition) is 0. The first-order chi connectivity index (χ1) is 7.64. The molecule has 1 saturated carbocycles. The minimum Gasteiger partial charge on any atom is -0.496 e. The number of benzene rings is 1. The van der Waals surface area contributed by atoms with Gasteiger partial charge in [0, 0.05) is 10.6 Å². The number of hydrogen-bond acceptors (Lipinski definition) is 3. The SMILES string of the molecule is COC(=O)C1(c2cc(Cl)ccc2OC)CC1. The Kier molecular flexibility index (Phi) is 2.80. The molecule has 86 valence electrons. The van der Waals surface area contributed by atoms with E-state index < -0.39 is 5.41 Å². The van der Waals surface area contributed by atoms with Crippen molar-refractivity contribution < 1.29 is 14.3 Å². The highest BCUT2D eigenvalue weighted by atomic mass is 35.5. The molecule has 1 aromatic rings. The summed E-state index contributed by atoms with van der Waals surface area (Å²) in [5.41, 5.74) is 0.291. The largest absolute Gasteiger partial charge is 0.496 e. The van der Waals surface area contributed by atoms with Crippen LogP contribution in [0.3, 0.4) is 0 Å². The molecule has 0 amide bonds. The van der Waals surface area contributed by atoms with E-state index >= 15 is 0 Å². The molecule has 1 fully saturated rings. The smallest absolute Gasteiger partial charge is 0.316 e. The molecule has 16 heavy (non-hydrogen) atoms. The zero-order valence-electron chi connectivity index (χ0n) is 9.25. The lowest BCUT2D eigenvalue weighted by Gasteiger charge is -2.16. The van der Waals surface area contributed by atoms with E-state index in [9.17, 15) is 4.79 Å². The van der Waals surface area contributed by atoms with E-state index in [2.05, 4.69) is 0 Å². The summed E-state index contributed by atoms with van der Waals surface area (Å²) in [6, 6.07) is 5.31. The molecule has 1 aliphatic rings. The van der Waals surface area contributed by atoms with E-state index in [1.165, 1.54) is 7.11 Å². The van der Waals surface area contributed by atoms with Crippen molar-refractivity contribution >= 4 is 17.6 Å². The van der Waals surface area contributed by atoms with E-state index in [0.29, 0.717) is 10.8 Å². The van der Waals surface area contributed by atoms with Crippen LogP contribution in [0.5, 0.6) is 5.75 Å². The van der Waals surface area contributed by atoms with Crippen molar-refractivity contribution in [3.63, 3.8) is 0 Å². The minimum atomic E-state index is -0.537. The summed E-state index contributed by atoms with van der Waals surface area (Å²) in [4.78, 5) is 11.8. The molecule has 1 aromatic carbocycles. The van der Waals surface area contributed by atoms with Crippen LogP contribution in [0.15, 0.2) is 18.2 Å². The fraction of sp³-hybridized carbons (Fsp3) is 0.417. The number of rotatable bonds is 3. The van der Waals surface area contributed by atoms with Gasteiger partial charge in [-0.05, 0) is 31.0 Å². The van der Waals surface area contributed by atoms with E-state index in [0.717, 1.165) is 18.4 Å². The van der Waals surface area contributed by atoms with Gasteiger partial charge in [0.05, 0.1) is 19.6 Å². The zero-order valence-corrected chi connectivity index (χ0v) is 10.0. The van der Waals surface area contributed by atoms with Gasteiger partial charge in [-0.2, -0.15) is 0 Å². The van der Waals surface area contributed by atoms with Gasteiger partial charge >= 0.3 is 5.97 Å². The number of methoxy groups -OCH3 is 2. The molecule has 1 aliphatic carbocycles. The molecule has 0 spiro atoms. The molecule has 3 nitrogen and oxygen atoms in total. The molecule has 0 saturated heterocycles. The molecule has 0 unspecified atom stereocenters. The predicted molar refractivity (Wildman–Crippen MR) is 60.9 cm³/mol. The first-order valence-corrected chi connectivity index (χ1v) is 5.44. The maximum absolute atomic E-state index is 11.8. The fourth-order valence-corrected chi connectivity index (χ4v) is 2.13. The van der Waals surface area contributed by atoms with Crippen LogP contribution < -0.4 is 4.74 Å². The van der Waals surface area contributed by atoms with Gasteiger partial charge in [-0.1, -0.05) is 11.6 Å². The molecular weight excluding hydrogens is 228 g/mol. The second-order valence-corrected chi connectivity index (χ2v) is 4.35. The van der Waals surface area contributed by atoms with E-state index in [1.807, 2.05) is 0 Å². The predicted octanol–water partition coefficient (Wildman–Crippen LogP) is 2.55. The Morgan fingerprint density at radius 1 is 1.38 bits per heavy atom. The van der Waals surface area contributed by atoms with Crippen LogP contribution in [-0.4, -0.2) is 20.2 Å². The topological polar surface area (TPSA) is 35.5 Å². The highest BCUT2D eigenvalue weighted by Crippen LogP contribution is 2.52. The summed E-state index contributed by atoms with van der Waals surface area (Å²) in [5.74, 6) is 0.473. The van der Waals surface area contributed by atoms with Crippen molar-refractivity contribution in [2.45, 2.75) is 18.3 Å². The third-order valence-electron chi connectivity index (χ3n) is 3.00. The van der Waals surface area contributed by atoms with Crippen LogP contribution in [0.2, 0.25) is 5.02 Å². The summed E-state index contributed by atoms with van der Waals surface area (Å²) in [7, 11) is 2.99. The lowest BCUT2D eigenvalue weighted by atomic mass is 9.95. The second kappa shape index (κ2) is 3.98. The van der Waals surface area contributed by atoms with Gasteiger partial charge in [0.1, 0.15) is 5.75 Å². The van der Waals surface area contributed by atoms with Gasteiger partial charge in [0.25, 0.3) is 0 Å². The number of ether oxygens (including phenoxy) is 2. The highest BCUT2D eigenvalue weighted by Gasteiger charge is 2.54. The highest BCUT2D eigenvalue weighted by molar-refractivity contribution is 6.30. The number of esters is 1. The van der Waals surface area contributed by atoms with Crippen molar-refractivity contribution in [1.82, 2.24) is 0 Å². The third-order valence-corrected chi connectivity index (χ3v) is 3.24. The maximum Gasteiger partial charge on any atom is 0.316 e. The van der Waals surface area contributed by atoms with Crippen LogP contribution in [0.1, 0.15) is 18.4 Å². The number of carbonyl (C=O) groups is 1. The minimum absolute atomic E-state index is 0.215. The van der Waals surface area contributed by atoms with Crippen LogP contribution in [0.25, 0.3) is 0 Å². The number of halogens is 1. The van der Waals surface area contributed by atoms with Crippen LogP contribution >= 0.6 is 11.6 Å². The summed E-state index contributed by atoms with van der Waals surface area (Å²) < 4.78 is 10.1. The Bertz CT molecular complexity index is 424. The first kappa shape index (κ1) is 11.3. The van der Waals surface area contributed by atoms with Crippen molar-refractivity contribution in [1.29, 1.82) is 0 Å². The lowest BCUT2D eigenvalue weighted by molar-refractivity contribution is -0.143. The van der Waals surface area contributed by atoms with Crippen LogP contribution in [0.4, 0.5) is 0 Å². The average Bonchev–Trinajstić information content (AvgIpc) is 3.09. The molecule has 2 rings (SSSR count). The Balaban J connectivity index is 2.47. The lowest BCUT2D eigenvalue weighted by Crippen LogP contribution is -2.22. The maximum atomic E-state index is 11.8. The summed E-state index contributed by atoms with van der Waals surface area (Å²) in [6.07, 6.45) is 1.58. The monoisotopic (exact) mass is 240 g/mol. The van der Waals surface area contributed by atoms with Gasteiger partial charge < -0.3 is 9.47 Å². The summed E-state index contributed by atoms with van der Waals surface area (Å²) in [5, 5.41) is 0.603. The molecule has 4 heteroatoms. The Hall–Kier alpha value is -1.22. The van der Waals surface area contributed by atoms with Crippen molar-refractivity contribution in [3.05, 3.63) is 28.8 Å². The average molecular weight is 241 g/mol. The van der Waals surface area contributed by atoms with Gasteiger partial charge in [0.2, 0.25) is 0 Å². The molecule has 0 aliphatic heterocycles. The van der Waals surface area contributed by atoms with Crippen molar-refractivity contribution in [2.75, 3.05) is 14.2 Å². The molecule has 0 bridgehead atoms. The molecule has 0 radical (unpaired) electrons. The molecule has 0 N–H and O–H groups in total. The van der Waals surface area contributed by atoms with Crippen molar-refractivity contribution in [3.8, 4) is 5.75 Å². The van der Waals surface area contributed by atoms with Gasteiger partial charge in [-0.15, -0.1) is 0 Å². The Labute approximate surface area is 99.3 Å². The quantitative estimate of drug-likeness (QED) is 0.762. The molecule has 0 aromatic heterocycles. The fourth-order valence-electron chi connectivity index (χ4n) is 1.96. The van der Waals surface area contributed by atoms with E-state index in [-0.39, 0.29) is 5.97 Å². The molecular formula is C12H13ClO3. The normalized spacial score (nSPS) is 16.7. The van der Waals surface area contributed by atoms with Gasteiger partial charge in [-0.3, -0.25) is 4.79 Å². The third kappa shape index (κ3) is 1.65. The van der Waals surface area contributed by atoms with Crippen molar-refractivity contribution in [2.24, 2.45) is 0 Å². The summed E-state index contributed by atoms with van der Waals surface area (Å²) >= 11 is 5.95. The van der Waals surface area contributed by atoms with Crippen LogP contribution in [0, 0.1) is 0 Å². The summed E-state index contributed by atoms with van der Waals surface area (Å²) in [6.45, 7) is 0. The van der Waals surface area contributed by atoms with Gasteiger partial charge in [-0.25, -0.2) is 0 Å². The second-order valence-electron chi connectivity index (χ2n) is 3.92. The van der Waals surface area contributed by atoms with E-state index in [4.69, 9.17) is 21.1 Å². The number of carbonyl (C=O) groups excluding carboxylic acids is 1. The standard InChI is InChI=1S/C12H13ClO3/c1-15-10-4-3-8(13)7-9(10)12(5-6-12)11(14)16-2/h3-4,7H,5-6H2,1-2H3. The van der Waals surface area contributed by atoms with Gasteiger partial charge in [0.15, 0.2) is 0 Å². The molecule has 0 heterocycles. The zero-order chi connectivity index (χ0) is 11.8. The van der Waals surface area contributed by atoms with E-state index in [1.54, 1.807) is 25.3 Å².